The normalized spacial score (nSPS) is 11.6. The number of hydrogen-bond acceptors (Lipinski definition) is 3. The van der Waals surface area contributed by atoms with Gasteiger partial charge in [-0.25, -0.2) is 0 Å². The molecule has 1 nitrogen and oxygen atoms in total. The van der Waals surface area contributed by atoms with Crippen molar-refractivity contribution in [3.63, 3.8) is 0 Å². The third kappa shape index (κ3) is 5.43. The number of fused-ring (bicyclic) bond motifs is 7. The van der Waals surface area contributed by atoms with Gasteiger partial charge in [0.25, 0.3) is 0 Å². The Morgan fingerprint density at radius 1 is 0.327 bits per heavy atom. The Labute approximate surface area is 327 Å². The summed E-state index contributed by atoms with van der Waals surface area (Å²) in [4.78, 5) is 2.46. The standard InChI is InChI=1S/C52H33NS2/c1-2-13-36(14-3-1)41-31-30-40(33-46(41)43-18-11-23-50-51(43)45-17-7-9-22-49(45)54-50)53(47-20-10-19-44-42-16-6-8-21-48(42)55-52(44)47)39-28-26-35(27-29-39)38-25-24-34-12-4-5-15-37(34)32-38/h1-33H. The minimum Gasteiger partial charge on any atom is -0.309 e. The van der Waals surface area contributed by atoms with E-state index in [0.717, 1.165) is 11.4 Å². The highest BCUT2D eigenvalue weighted by Crippen LogP contribution is 2.48. The highest BCUT2D eigenvalue weighted by molar-refractivity contribution is 7.26. The fraction of sp³-hybridized carbons (Fsp3) is 0. The predicted octanol–water partition coefficient (Wildman–Crippen LogP) is 16.0. The molecule has 0 N–H and O–H groups in total. The van der Waals surface area contributed by atoms with Crippen LogP contribution in [0.2, 0.25) is 0 Å². The summed E-state index contributed by atoms with van der Waals surface area (Å²) in [6.07, 6.45) is 0. The van der Waals surface area contributed by atoms with Crippen LogP contribution in [0.25, 0.3) is 84.5 Å². The van der Waals surface area contributed by atoms with Crippen LogP contribution in [-0.4, -0.2) is 0 Å². The number of anilines is 3. The van der Waals surface area contributed by atoms with Crippen LogP contribution in [0.5, 0.6) is 0 Å². The molecule has 3 heteroatoms. The fourth-order valence-corrected chi connectivity index (χ4v) is 10.6. The van der Waals surface area contributed by atoms with Crippen LogP contribution < -0.4 is 4.90 Å². The van der Waals surface area contributed by atoms with Crippen molar-refractivity contribution < 1.29 is 0 Å². The molecule has 258 valence electrons. The summed E-state index contributed by atoms with van der Waals surface area (Å²) in [7, 11) is 0. The average Bonchev–Trinajstić information content (AvgIpc) is 3.83. The topological polar surface area (TPSA) is 3.24 Å². The molecule has 0 atom stereocenters. The van der Waals surface area contributed by atoms with Crippen molar-refractivity contribution in [1.82, 2.24) is 0 Å². The zero-order valence-electron chi connectivity index (χ0n) is 29.8. The van der Waals surface area contributed by atoms with Gasteiger partial charge in [-0.05, 0) is 98.8 Å². The second-order valence-electron chi connectivity index (χ2n) is 14.1. The third-order valence-electron chi connectivity index (χ3n) is 10.9. The van der Waals surface area contributed by atoms with Gasteiger partial charge in [0.05, 0.1) is 10.4 Å². The molecule has 0 aliphatic heterocycles. The van der Waals surface area contributed by atoms with Crippen molar-refractivity contribution in [1.29, 1.82) is 0 Å². The maximum atomic E-state index is 2.46. The second kappa shape index (κ2) is 13.1. The van der Waals surface area contributed by atoms with Crippen LogP contribution in [0.1, 0.15) is 0 Å². The van der Waals surface area contributed by atoms with Gasteiger partial charge in [0.15, 0.2) is 0 Å². The molecule has 0 unspecified atom stereocenters. The maximum Gasteiger partial charge on any atom is 0.0640 e. The highest BCUT2D eigenvalue weighted by Gasteiger charge is 2.21. The highest BCUT2D eigenvalue weighted by atomic mass is 32.1. The first-order valence-corrected chi connectivity index (χ1v) is 20.3. The zero-order valence-corrected chi connectivity index (χ0v) is 31.4. The summed E-state index contributed by atoms with van der Waals surface area (Å²) in [5, 5.41) is 7.71. The van der Waals surface area contributed by atoms with Crippen LogP contribution in [0.4, 0.5) is 17.1 Å². The maximum absolute atomic E-state index is 2.46. The molecule has 55 heavy (non-hydrogen) atoms. The quantitative estimate of drug-likeness (QED) is 0.164. The first-order valence-electron chi connectivity index (χ1n) is 18.7. The van der Waals surface area contributed by atoms with Gasteiger partial charge in [0, 0.05) is 47.0 Å². The summed E-state index contributed by atoms with van der Waals surface area (Å²) in [6.45, 7) is 0. The fourth-order valence-electron chi connectivity index (χ4n) is 8.27. The van der Waals surface area contributed by atoms with Crippen molar-refractivity contribution in [3.8, 4) is 33.4 Å². The molecule has 0 spiro atoms. The molecule has 0 radical (unpaired) electrons. The number of rotatable bonds is 6. The molecule has 0 aliphatic rings. The number of nitrogens with zero attached hydrogens (tertiary/aromatic N) is 1. The Morgan fingerprint density at radius 2 is 0.982 bits per heavy atom. The number of benzene rings is 9. The summed E-state index contributed by atoms with van der Waals surface area (Å²) < 4.78 is 5.20. The van der Waals surface area contributed by atoms with E-state index in [9.17, 15) is 0 Å². The van der Waals surface area contributed by atoms with E-state index in [1.54, 1.807) is 0 Å². The molecule has 0 fully saturated rings. The monoisotopic (exact) mass is 735 g/mol. The average molecular weight is 736 g/mol. The zero-order chi connectivity index (χ0) is 36.3. The van der Waals surface area contributed by atoms with Gasteiger partial charge in [-0.1, -0.05) is 146 Å². The Balaban J connectivity index is 1.15. The minimum atomic E-state index is 1.12. The molecule has 0 amide bonds. The van der Waals surface area contributed by atoms with Crippen LogP contribution >= 0.6 is 22.7 Å². The molecule has 2 heterocycles. The molecule has 0 saturated carbocycles. The molecule has 0 aliphatic carbocycles. The molecule has 0 saturated heterocycles. The van der Waals surface area contributed by atoms with Crippen LogP contribution in [0.15, 0.2) is 200 Å². The van der Waals surface area contributed by atoms with Gasteiger partial charge in [0.1, 0.15) is 0 Å². The van der Waals surface area contributed by atoms with Crippen molar-refractivity contribution in [2.24, 2.45) is 0 Å². The SMILES string of the molecule is c1ccc(-c2ccc(N(c3ccc(-c4ccc5ccccc5c4)cc3)c3cccc4c3sc3ccccc34)cc2-c2cccc3sc4ccccc4c23)cc1. The van der Waals surface area contributed by atoms with Gasteiger partial charge in [0.2, 0.25) is 0 Å². The van der Waals surface area contributed by atoms with Gasteiger partial charge in [-0.15, -0.1) is 22.7 Å². The molecule has 2 aromatic heterocycles. The van der Waals surface area contributed by atoms with E-state index in [1.165, 1.54) is 90.2 Å². The lowest BCUT2D eigenvalue weighted by Gasteiger charge is -2.27. The predicted molar refractivity (Wildman–Crippen MR) is 241 cm³/mol. The Kier molecular flexibility index (Phi) is 7.61. The number of thiophene rings is 2. The van der Waals surface area contributed by atoms with E-state index in [0.29, 0.717) is 0 Å². The summed E-state index contributed by atoms with van der Waals surface area (Å²) >= 11 is 3.74. The van der Waals surface area contributed by atoms with E-state index in [4.69, 9.17) is 0 Å². The second-order valence-corrected chi connectivity index (χ2v) is 16.2. The lowest BCUT2D eigenvalue weighted by atomic mass is 9.91. The molecule has 0 bridgehead atoms. The van der Waals surface area contributed by atoms with Crippen molar-refractivity contribution in [3.05, 3.63) is 200 Å². The number of hydrogen-bond donors (Lipinski definition) is 0. The van der Waals surface area contributed by atoms with Crippen LogP contribution in [0.3, 0.4) is 0 Å². The Bertz CT molecular complexity index is 3210. The molecule has 9 aromatic carbocycles. The van der Waals surface area contributed by atoms with E-state index in [1.807, 2.05) is 22.7 Å². The van der Waals surface area contributed by atoms with E-state index in [-0.39, 0.29) is 0 Å². The largest absolute Gasteiger partial charge is 0.309 e. The summed E-state index contributed by atoms with van der Waals surface area (Å²) in [6, 6.07) is 73.5. The smallest absolute Gasteiger partial charge is 0.0640 e. The Morgan fingerprint density at radius 3 is 1.84 bits per heavy atom. The Hall–Kier alpha value is -6.52. The van der Waals surface area contributed by atoms with Crippen molar-refractivity contribution >= 4 is 90.9 Å². The lowest BCUT2D eigenvalue weighted by Crippen LogP contribution is -2.10. The summed E-state index contributed by atoms with van der Waals surface area (Å²) in [5.41, 5.74) is 10.7. The van der Waals surface area contributed by atoms with Gasteiger partial charge < -0.3 is 4.90 Å². The minimum absolute atomic E-state index is 1.12. The van der Waals surface area contributed by atoms with E-state index in [2.05, 4.69) is 205 Å². The third-order valence-corrected chi connectivity index (χ3v) is 13.2. The van der Waals surface area contributed by atoms with E-state index < -0.39 is 0 Å². The van der Waals surface area contributed by atoms with Gasteiger partial charge in [-0.2, -0.15) is 0 Å². The van der Waals surface area contributed by atoms with Crippen molar-refractivity contribution in [2.75, 3.05) is 4.90 Å². The molecule has 11 aromatic rings. The van der Waals surface area contributed by atoms with Gasteiger partial charge >= 0.3 is 0 Å². The molecule has 11 rings (SSSR count). The van der Waals surface area contributed by atoms with Crippen LogP contribution in [0, 0.1) is 0 Å². The molecular weight excluding hydrogens is 703 g/mol. The van der Waals surface area contributed by atoms with E-state index >= 15 is 0 Å². The summed E-state index contributed by atoms with van der Waals surface area (Å²) in [5.74, 6) is 0. The first kappa shape index (κ1) is 32.0. The van der Waals surface area contributed by atoms with Crippen molar-refractivity contribution in [2.45, 2.75) is 0 Å². The molecular formula is C52H33NS2. The van der Waals surface area contributed by atoms with Crippen LogP contribution in [-0.2, 0) is 0 Å². The lowest BCUT2D eigenvalue weighted by molar-refractivity contribution is 1.30. The van der Waals surface area contributed by atoms with Gasteiger partial charge in [-0.3, -0.25) is 0 Å². The first-order chi connectivity index (χ1) is 27.3.